The van der Waals surface area contributed by atoms with E-state index < -0.39 is 0 Å². The molecule has 1 heterocycles. The van der Waals surface area contributed by atoms with E-state index in [1.165, 1.54) is 0 Å². The van der Waals surface area contributed by atoms with Gasteiger partial charge in [-0.25, -0.2) is 0 Å². The molecule has 1 aliphatic heterocycles. The molecule has 1 unspecified atom stereocenters. The van der Waals surface area contributed by atoms with Crippen molar-refractivity contribution in [1.82, 2.24) is 10.2 Å². The number of likely N-dealkylation sites (tertiary alicyclic amines) is 1. The molecule has 1 aliphatic rings. The lowest BCUT2D eigenvalue weighted by atomic mass is 9.96. The first-order chi connectivity index (χ1) is 14.6. The third-order valence-corrected chi connectivity index (χ3v) is 5.67. The Balaban J connectivity index is 1.55. The van der Waals surface area contributed by atoms with Crippen LogP contribution in [0.5, 0.6) is 11.5 Å². The topological polar surface area (TPSA) is 50.8 Å². The highest BCUT2D eigenvalue weighted by atomic mass is 35.5. The number of carbonyl (C=O) groups excluding carboxylic acids is 1. The monoisotopic (exact) mass is 430 g/mol. The van der Waals surface area contributed by atoms with Gasteiger partial charge in [-0.15, -0.1) is 0 Å². The molecule has 0 bridgehead atoms. The highest BCUT2D eigenvalue weighted by Crippen LogP contribution is 2.28. The van der Waals surface area contributed by atoms with Crippen molar-refractivity contribution in [1.29, 1.82) is 0 Å². The largest absolute Gasteiger partial charge is 0.490 e. The fourth-order valence-electron chi connectivity index (χ4n) is 3.82. The first-order valence-electron chi connectivity index (χ1n) is 10.7. The number of halogens is 1. The fourth-order valence-corrected chi connectivity index (χ4v) is 4.02. The number of nitrogens with zero attached hydrogens (tertiary/aromatic N) is 1. The normalized spacial score (nSPS) is 16.8. The van der Waals surface area contributed by atoms with Crippen LogP contribution in [0.25, 0.3) is 0 Å². The van der Waals surface area contributed by atoms with Gasteiger partial charge in [0.25, 0.3) is 0 Å². The van der Waals surface area contributed by atoms with Gasteiger partial charge in [0.15, 0.2) is 11.5 Å². The van der Waals surface area contributed by atoms with Crippen molar-refractivity contribution < 1.29 is 14.3 Å². The van der Waals surface area contributed by atoms with Crippen molar-refractivity contribution in [2.24, 2.45) is 5.92 Å². The standard InChI is InChI=1S/C24H31ClN2O3/c1-3-29-22-12-11-18(14-23(22)30-4-2)15-26-24(28)20-9-7-13-27(17-20)16-19-8-5-6-10-21(19)25/h5-6,8,10-12,14,20H,3-4,7,9,13,15-17H2,1-2H3,(H,26,28). The predicted octanol–water partition coefficient (Wildman–Crippen LogP) is 4.67. The van der Waals surface area contributed by atoms with Gasteiger partial charge in [-0.3, -0.25) is 9.69 Å². The molecule has 1 N–H and O–H groups in total. The fraction of sp³-hybridized carbons (Fsp3) is 0.458. The van der Waals surface area contributed by atoms with Gasteiger partial charge in [0.2, 0.25) is 5.91 Å². The van der Waals surface area contributed by atoms with Crippen molar-refractivity contribution >= 4 is 17.5 Å². The zero-order valence-corrected chi connectivity index (χ0v) is 18.6. The van der Waals surface area contributed by atoms with Gasteiger partial charge < -0.3 is 14.8 Å². The highest BCUT2D eigenvalue weighted by molar-refractivity contribution is 6.31. The average Bonchev–Trinajstić information content (AvgIpc) is 2.76. The lowest BCUT2D eigenvalue weighted by Gasteiger charge is -2.32. The second-order valence-electron chi connectivity index (χ2n) is 7.53. The van der Waals surface area contributed by atoms with E-state index in [4.69, 9.17) is 21.1 Å². The Labute approximate surface area is 184 Å². The number of nitrogens with one attached hydrogen (secondary N) is 1. The predicted molar refractivity (Wildman–Crippen MR) is 120 cm³/mol. The summed E-state index contributed by atoms with van der Waals surface area (Å²) in [7, 11) is 0. The van der Waals surface area contributed by atoms with Gasteiger partial charge in [0.05, 0.1) is 19.1 Å². The molecule has 3 rings (SSSR count). The molecule has 1 fully saturated rings. The molecule has 30 heavy (non-hydrogen) atoms. The number of rotatable bonds is 9. The molecule has 0 aromatic heterocycles. The molecule has 0 spiro atoms. The van der Waals surface area contributed by atoms with Gasteiger partial charge in [-0.05, 0) is 62.6 Å². The summed E-state index contributed by atoms with van der Waals surface area (Å²) in [6, 6.07) is 13.7. The van der Waals surface area contributed by atoms with E-state index in [9.17, 15) is 4.79 Å². The Morgan fingerprint density at radius 2 is 1.90 bits per heavy atom. The molecule has 0 saturated carbocycles. The van der Waals surface area contributed by atoms with E-state index in [0.29, 0.717) is 19.8 Å². The zero-order valence-electron chi connectivity index (χ0n) is 17.8. The molecule has 0 radical (unpaired) electrons. The van der Waals surface area contributed by atoms with Gasteiger partial charge in [0, 0.05) is 24.7 Å². The smallest absolute Gasteiger partial charge is 0.224 e. The number of carbonyl (C=O) groups is 1. The molecule has 1 amide bonds. The van der Waals surface area contributed by atoms with Crippen LogP contribution in [0.2, 0.25) is 5.02 Å². The highest BCUT2D eigenvalue weighted by Gasteiger charge is 2.26. The van der Waals surface area contributed by atoms with E-state index in [1.807, 2.05) is 56.3 Å². The van der Waals surface area contributed by atoms with E-state index in [1.54, 1.807) is 0 Å². The molecule has 1 saturated heterocycles. The minimum absolute atomic E-state index is 0.00435. The maximum absolute atomic E-state index is 12.8. The van der Waals surface area contributed by atoms with Crippen LogP contribution in [-0.2, 0) is 17.9 Å². The molecule has 162 valence electrons. The van der Waals surface area contributed by atoms with Crippen LogP contribution in [0.3, 0.4) is 0 Å². The van der Waals surface area contributed by atoms with Crippen LogP contribution >= 0.6 is 11.6 Å². The van der Waals surface area contributed by atoms with Crippen molar-refractivity contribution in [3.8, 4) is 11.5 Å². The van der Waals surface area contributed by atoms with Gasteiger partial charge in [-0.2, -0.15) is 0 Å². The summed E-state index contributed by atoms with van der Waals surface area (Å²) in [5, 5.41) is 3.88. The molecule has 2 aromatic carbocycles. The maximum atomic E-state index is 12.8. The van der Waals surface area contributed by atoms with Gasteiger partial charge in [0.1, 0.15) is 0 Å². The molecular formula is C24H31ClN2O3. The Bertz CT molecular complexity index is 843. The number of benzene rings is 2. The van der Waals surface area contributed by atoms with E-state index in [2.05, 4.69) is 10.2 Å². The molecule has 5 nitrogen and oxygen atoms in total. The van der Waals surface area contributed by atoms with Crippen LogP contribution in [0.4, 0.5) is 0 Å². The van der Waals surface area contributed by atoms with Gasteiger partial charge >= 0.3 is 0 Å². The molecule has 6 heteroatoms. The van der Waals surface area contributed by atoms with Crippen LogP contribution in [0.1, 0.15) is 37.8 Å². The molecule has 2 aromatic rings. The van der Waals surface area contributed by atoms with E-state index in [-0.39, 0.29) is 11.8 Å². The van der Waals surface area contributed by atoms with E-state index in [0.717, 1.165) is 60.1 Å². The Kier molecular flexibility index (Phi) is 8.40. The van der Waals surface area contributed by atoms with Crippen LogP contribution < -0.4 is 14.8 Å². The second kappa shape index (κ2) is 11.2. The maximum Gasteiger partial charge on any atom is 0.224 e. The van der Waals surface area contributed by atoms with Crippen molar-refractivity contribution in [2.45, 2.75) is 39.8 Å². The zero-order chi connectivity index (χ0) is 21.3. The third kappa shape index (κ3) is 6.13. The van der Waals surface area contributed by atoms with Crippen molar-refractivity contribution in [3.05, 3.63) is 58.6 Å². The summed E-state index contributed by atoms with van der Waals surface area (Å²) < 4.78 is 11.3. The number of hydrogen-bond donors (Lipinski definition) is 1. The first kappa shape index (κ1) is 22.4. The van der Waals surface area contributed by atoms with Crippen LogP contribution in [-0.4, -0.2) is 37.1 Å². The lowest BCUT2D eigenvalue weighted by molar-refractivity contribution is -0.126. The lowest BCUT2D eigenvalue weighted by Crippen LogP contribution is -2.42. The summed E-state index contributed by atoms with van der Waals surface area (Å²) in [4.78, 5) is 15.1. The van der Waals surface area contributed by atoms with E-state index >= 15 is 0 Å². The van der Waals surface area contributed by atoms with Crippen molar-refractivity contribution in [3.63, 3.8) is 0 Å². The number of ether oxygens (including phenoxy) is 2. The number of amides is 1. The SMILES string of the molecule is CCOc1ccc(CNC(=O)C2CCCN(Cc3ccccc3Cl)C2)cc1OCC. The van der Waals surface area contributed by atoms with Gasteiger partial charge in [-0.1, -0.05) is 35.9 Å². The summed E-state index contributed by atoms with van der Waals surface area (Å²) in [6.07, 6.45) is 1.93. The summed E-state index contributed by atoms with van der Waals surface area (Å²) >= 11 is 6.30. The second-order valence-corrected chi connectivity index (χ2v) is 7.94. The summed E-state index contributed by atoms with van der Waals surface area (Å²) in [6.45, 7) is 8.05. The number of piperidine rings is 1. The first-order valence-corrected chi connectivity index (χ1v) is 11.1. The Hall–Kier alpha value is -2.24. The van der Waals surface area contributed by atoms with Crippen LogP contribution in [0.15, 0.2) is 42.5 Å². The third-order valence-electron chi connectivity index (χ3n) is 5.30. The van der Waals surface area contributed by atoms with Crippen LogP contribution in [0, 0.1) is 5.92 Å². The summed E-state index contributed by atoms with van der Waals surface area (Å²) in [5.41, 5.74) is 2.11. The molecule has 1 atom stereocenters. The molecule has 0 aliphatic carbocycles. The minimum atomic E-state index is -0.00435. The number of hydrogen-bond acceptors (Lipinski definition) is 4. The quantitative estimate of drug-likeness (QED) is 0.628. The Morgan fingerprint density at radius 1 is 1.13 bits per heavy atom. The van der Waals surface area contributed by atoms with Crippen molar-refractivity contribution in [2.75, 3.05) is 26.3 Å². The Morgan fingerprint density at radius 3 is 2.67 bits per heavy atom. The summed E-state index contributed by atoms with van der Waals surface area (Å²) in [5.74, 6) is 1.55. The minimum Gasteiger partial charge on any atom is -0.490 e. The average molecular weight is 431 g/mol. The molecular weight excluding hydrogens is 400 g/mol.